The van der Waals surface area contributed by atoms with Gasteiger partial charge in [0.15, 0.2) is 5.69 Å². The molecule has 0 saturated carbocycles. The van der Waals surface area contributed by atoms with Gasteiger partial charge in [-0.05, 0) is 42.7 Å². The number of aryl methyl sites for hydroxylation is 3. The molecule has 3 rings (SSSR count). The lowest BCUT2D eigenvalue weighted by molar-refractivity contribution is -0.141. The highest BCUT2D eigenvalue weighted by Gasteiger charge is 2.38. The summed E-state index contributed by atoms with van der Waals surface area (Å²) < 4.78 is 78.9. The van der Waals surface area contributed by atoms with Gasteiger partial charge in [0.2, 0.25) is 0 Å². The Balaban J connectivity index is 1.69. The van der Waals surface area contributed by atoms with Crippen LogP contribution in [0.4, 0.5) is 26.3 Å². The van der Waals surface area contributed by atoms with Crippen LogP contribution in [-0.2, 0) is 37.0 Å². The number of nitrogens with zero attached hydrogens (tertiary/aromatic N) is 5. The van der Waals surface area contributed by atoms with Crippen LogP contribution in [0.5, 0.6) is 0 Å². The van der Waals surface area contributed by atoms with E-state index in [0.29, 0.717) is 11.3 Å². The summed E-state index contributed by atoms with van der Waals surface area (Å²) in [6.45, 7) is 1.57. The van der Waals surface area contributed by atoms with E-state index in [4.69, 9.17) is 0 Å². The van der Waals surface area contributed by atoms with E-state index in [1.165, 1.54) is 25.4 Å². The predicted octanol–water partition coefficient (Wildman–Crippen LogP) is 4.36. The minimum absolute atomic E-state index is 0.0160. The third-order valence-corrected chi connectivity index (χ3v) is 4.56. The molecule has 0 atom stereocenters. The summed E-state index contributed by atoms with van der Waals surface area (Å²) in [4.78, 5) is 15.4. The summed E-state index contributed by atoms with van der Waals surface area (Å²) in [5, 5.41) is 11.2. The zero-order valence-electron chi connectivity index (χ0n) is 16.9. The molecule has 0 aliphatic carbocycles. The largest absolute Gasteiger partial charge is 0.435 e. The monoisotopic (exact) mass is 457 g/mol. The summed E-state index contributed by atoms with van der Waals surface area (Å²) in [6.07, 6.45) is -7.15. The van der Waals surface area contributed by atoms with Crippen molar-refractivity contribution in [2.24, 2.45) is 7.05 Å². The quantitative estimate of drug-likeness (QED) is 0.515. The number of ketones is 1. The number of halogens is 6. The summed E-state index contributed by atoms with van der Waals surface area (Å²) in [5.74, 6) is -0.320. The molecule has 3 aromatic heterocycles. The van der Waals surface area contributed by atoms with Gasteiger partial charge in [-0.3, -0.25) is 14.5 Å². The molecule has 0 aromatic carbocycles. The van der Waals surface area contributed by atoms with Crippen molar-refractivity contribution in [1.29, 1.82) is 0 Å². The zero-order chi connectivity index (χ0) is 23.7. The van der Waals surface area contributed by atoms with E-state index in [-0.39, 0.29) is 41.9 Å². The first-order valence-corrected chi connectivity index (χ1v) is 9.33. The van der Waals surface area contributed by atoms with Crippen molar-refractivity contribution in [1.82, 2.24) is 25.0 Å². The second-order valence-corrected chi connectivity index (χ2v) is 7.19. The van der Waals surface area contributed by atoms with E-state index in [9.17, 15) is 31.1 Å². The number of Topliss-reactive ketones (excluding diaryl/α,β-unsaturated/α-hetero) is 1. The summed E-state index contributed by atoms with van der Waals surface area (Å²) in [5.41, 5.74) is -1.34. The van der Waals surface area contributed by atoms with Crippen molar-refractivity contribution in [2.75, 3.05) is 0 Å². The summed E-state index contributed by atoms with van der Waals surface area (Å²) in [7, 11) is 1.36. The Morgan fingerprint density at radius 1 is 1.06 bits per heavy atom. The number of carbonyl (C=O) groups excluding carboxylic acids is 1. The number of rotatable bonds is 6. The van der Waals surface area contributed by atoms with Gasteiger partial charge in [-0.1, -0.05) is 0 Å². The lowest BCUT2D eigenvalue weighted by Gasteiger charge is -2.09. The molecule has 0 saturated heterocycles. The molecule has 12 heteroatoms. The van der Waals surface area contributed by atoms with Gasteiger partial charge in [-0.25, -0.2) is 0 Å². The third-order valence-electron chi connectivity index (χ3n) is 4.56. The van der Waals surface area contributed by atoms with Crippen molar-refractivity contribution in [2.45, 2.75) is 38.5 Å². The Kier molecular flexibility index (Phi) is 6.33. The van der Waals surface area contributed by atoms with Crippen LogP contribution in [0.2, 0.25) is 0 Å². The van der Waals surface area contributed by atoms with Crippen LogP contribution in [0.1, 0.15) is 34.6 Å². The molecule has 0 aliphatic heterocycles. The average molecular weight is 457 g/mol. The molecular formula is C20H17F6N5O. The number of hydrogen-bond acceptors (Lipinski definition) is 5. The van der Waals surface area contributed by atoms with Crippen LogP contribution >= 0.6 is 0 Å². The first-order chi connectivity index (χ1) is 14.8. The topological polar surface area (TPSA) is 73.6 Å². The van der Waals surface area contributed by atoms with Crippen LogP contribution in [0.15, 0.2) is 30.6 Å². The van der Waals surface area contributed by atoms with Gasteiger partial charge in [0.25, 0.3) is 0 Å². The van der Waals surface area contributed by atoms with Crippen LogP contribution in [0.3, 0.4) is 0 Å². The van der Waals surface area contributed by atoms with Gasteiger partial charge < -0.3 is 0 Å². The molecule has 0 spiro atoms. The fraction of sp³-hybridized carbons (Fsp3) is 0.350. The Bertz CT molecular complexity index is 1140. The SMILES string of the molecule is Cc1cc(CCC(=O)Cc2ccnc(C(F)(F)F)c2)nnc1-c1cn(C)nc1C(F)(F)F. The Hall–Kier alpha value is -3.31. The molecule has 0 aliphatic rings. The van der Waals surface area contributed by atoms with Gasteiger partial charge >= 0.3 is 12.4 Å². The first-order valence-electron chi connectivity index (χ1n) is 9.33. The molecule has 32 heavy (non-hydrogen) atoms. The van der Waals surface area contributed by atoms with Gasteiger partial charge in [0.1, 0.15) is 11.5 Å². The minimum Gasteiger partial charge on any atom is -0.299 e. The van der Waals surface area contributed by atoms with E-state index >= 15 is 0 Å². The van der Waals surface area contributed by atoms with Crippen LogP contribution in [0.25, 0.3) is 11.3 Å². The van der Waals surface area contributed by atoms with E-state index in [1.807, 2.05) is 0 Å². The lowest BCUT2D eigenvalue weighted by atomic mass is 10.0. The molecule has 0 amide bonds. The van der Waals surface area contributed by atoms with E-state index in [1.54, 1.807) is 6.92 Å². The molecule has 170 valence electrons. The standard InChI is InChI=1S/C20H17F6N5O/c1-11-7-13(28-29-17(11)15-10-31(2)30-18(15)20(24,25)26)3-4-14(32)8-12-5-6-27-16(9-12)19(21,22)23/h5-7,9-10H,3-4,8H2,1-2H3. The number of aromatic nitrogens is 5. The molecular weight excluding hydrogens is 440 g/mol. The Morgan fingerprint density at radius 2 is 1.78 bits per heavy atom. The highest BCUT2D eigenvalue weighted by atomic mass is 19.4. The maximum Gasteiger partial charge on any atom is 0.435 e. The lowest BCUT2D eigenvalue weighted by Crippen LogP contribution is -2.11. The summed E-state index contributed by atoms with van der Waals surface area (Å²) >= 11 is 0. The van der Waals surface area contributed by atoms with Crippen LogP contribution < -0.4 is 0 Å². The molecule has 3 aromatic rings. The maximum absolute atomic E-state index is 13.2. The predicted molar refractivity (Wildman–Crippen MR) is 100 cm³/mol. The second-order valence-electron chi connectivity index (χ2n) is 7.19. The fourth-order valence-corrected chi connectivity index (χ4v) is 3.12. The smallest absolute Gasteiger partial charge is 0.299 e. The normalized spacial score (nSPS) is 12.2. The molecule has 0 radical (unpaired) electrons. The van der Waals surface area contributed by atoms with E-state index in [0.717, 1.165) is 16.9 Å². The number of carbonyl (C=O) groups is 1. The first kappa shape index (κ1) is 23.4. The zero-order valence-corrected chi connectivity index (χ0v) is 16.9. The van der Waals surface area contributed by atoms with Crippen molar-refractivity contribution in [3.8, 4) is 11.3 Å². The third kappa shape index (κ3) is 5.48. The average Bonchev–Trinajstić information content (AvgIpc) is 3.08. The van der Waals surface area contributed by atoms with Crippen LogP contribution in [0, 0.1) is 6.92 Å². The number of alkyl halides is 6. The number of hydrogen-bond donors (Lipinski definition) is 0. The molecule has 3 heterocycles. The molecule has 0 N–H and O–H groups in total. The molecule has 6 nitrogen and oxygen atoms in total. The van der Waals surface area contributed by atoms with Crippen molar-refractivity contribution in [3.05, 3.63) is 58.8 Å². The van der Waals surface area contributed by atoms with Crippen molar-refractivity contribution < 1.29 is 31.1 Å². The Labute approximate surface area is 178 Å². The maximum atomic E-state index is 13.2. The molecule has 0 unspecified atom stereocenters. The molecule has 0 fully saturated rings. The second kappa shape index (κ2) is 8.67. The highest BCUT2D eigenvalue weighted by molar-refractivity contribution is 5.81. The minimum atomic E-state index is -4.66. The van der Waals surface area contributed by atoms with Crippen molar-refractivity contribution >= 4 is 5.78 Å². The Morgan fingerprint density at radius 3 is 2.41 bits per heavy atom. The summed E-state index contributed by atoms with van der Waals surface area (Å²) in [6, 6.07) is 3.68. The van der Waals surface area contributed by atoms with E-state index < -0.39 is 23.7 Å². The van der Waals surface area contributed by atoms with Gasteiger partial charge in [0.05, 0.1) is 17.0 Å². The van der Waals surface area contributed by atoms with E-state index in [2.05, 4.69) is 20.3 Å². The van der Waals surface area contributed by atoms with Crippen LogP contribution in [-0.4, -0.2) is 30.7 Å². The molecule has 0 bridgehead atoms. The van der Waals surface area contributed by atoms with Gasteiger partial charge in [0, 0.05) is 32.3 Å². The van der Waals surface area contributed by atoms with Gasteiger partial charge in [-0.15, -0.1) is 5.10 Å². The van der Waals surface area contributed by atoms with Crippen molar-refractivity contribution in [3.63, 3.8) is 0 Å². The fourth-order valence-electron chi connectivity index (χ4n) is 3.12. The van der Waals surface area contributed by atoms with Gasteiger partial charge in [-0.2, -0.15) is 36.5 Å². The number of pyridine rings is 1. The highest BCUT2D eigenvalue weighted by Crippen LogP contribution is 2.36.